The molecule has 0 bridgehead atoms. The van der Waals surface area contributed by atoms with Crippen molar-refractivity contribution < 1.29 is 9.13 Å². The van der Waals surface area contributed by atoms with Gasteiger partial charge in [0, 0.05) is 12.6 Å². The first kappa shape index (κ1) is 25.3. The summed E-state index contributed by atoms with van der Waals surface area (Å²) in [5.74, 6) is 1.03. The highest BCUT2D eigenvalue weighted by Gasteiger charge is 2.26. The lowest BCUT2D eigenvalue weighted by atomic mass is 10.0. The van der Waals surface area contributed by atoms with E-state index in [4.69, 9.17) is 9.72 Å². The fraction of sp³-hybridized carbons (Fsp3) is 0.680. The van der Waals surface area contributed by atoms with Gasteiger partial charge in [-0.1, -0.05) is 47.0 Å². The fourth-order valence-electron chi connectivity index (χ4n) is 4.08. The van der Waals surface area contributed by atoms with Gasteiger partial charge in [0.25, 0.3) is 5.56 Å². The number of halogens is 1. The zero-order valence-electron chi connectivity index (χ0n) is 20.2. The molecule has 0 aliphatic carbocycles. The molecule has 0 aliphatic heterocycles. The predicted molar refractivity (Wildman–Crippen MR) is 126 cm³/mol. The third-order valence-electron chi connectivity index (χ3n) is 6.28. The zero-order valence-corrected chi connectivity index (χ0v) is 20.2. The van der Waals surface area contributed by atoms with Crippen LogP contribution in [0.25, 0.3) is 10.9 Å². The SMILES string of the molecule is CCCCN(CCC(C)CC)[C@H](CCC)c1nc2cc(OC)c(F)cc2c(=O)n1CC. The monoisotopic (exact) mass is 433 g/mol. The van der Waals surface area contributed by atoms with Gasteiger partial charge in [-0.2, -0.15) is 0 Å². The van der Waals surface area contributed by atoms with Gasteiger partial charge < -0.3 is 4.74 Å². The van der Waals surface area contributed by atoms with Crippen molar-refractivity contribution in [2.24, 2.45) is 5.92 Å². The highest BCUT2D eigenvalue weighted by Crippen LogP contribution is 2.28. The van der Waals surface area contributed by atoms with E-state index in [9.17, 15) is 9.18 Å². The Kier molecular flexibility index (Phi) is 9.94. The van der Waals surface area contributed by atoms with Crippen molar-refractivity contribution in [1.29, 1.82) is 0 Å². The van der Waals surface area contributed by atoms with Gasteiger partial charge in [0.2, 0.25) is 0 Å². The molecule has 0 saturated carbocycles. The van der Waals surface area contributed by atoms with Crippen LogP contribution >= 0.6 is 0 Å². The maximum absolute atomic E-state index is 14.3. The van der Waals surface area contributed by atoms with Gasteiger partial charge in [0.15, 0.2) is 11.6 Å². The summed E-state index contributed by atoms with van der Waals surface area (Å²) in [6.07, 6.45) is 6.47. The normalized spacial score (nSPS) is 13.7. The summed E-state index contributed by atoms with van der Waals surface area (Å²) in [5, 5.41) is 0.305. The van der Waals surface area contributed by atoms with E-state index in [1.165, 1.54) is 19.6 Å². The Morgan fingerprint density at radius 3 is 2.45 bits per heavy atom. The van der Waals surface area contributed by atoms with E-state index < -0.39 is 5.82 Å². The molecule has 31 heavy (non-hydrogen) atoms. The number of ether oxygens (including phenoxy) is 1. The van der Waals surface area contributed by atoms with Crippen LogP contribution in [0.3, 0.4) is 0 Å². The van der Waals surface area contributed by atoms with Gasteiger partial charge in [0.05, 0.1) is 24.1 Å². The van der Waals surface area contributed by atoms with Crippen LogP contribution in [-0.4, -0.2) is 34.7 Å². The number of hydrogen-bond donors (Lipinski definition) is 0. The van der Waals surface area contributed by atoms with Crippen molar-refractivity contribution >= 4 is 10.9 Å². The average Bonchev–Trinajstić information content (AvgIpc) is 2.77. The summed E-state index contributed by atoms with van der Waals surface area (Å²) in [5.41, 5.74) is 0.323. The minimum atomic E-state index is -0.535. The number of aromatic nitrogens is 2. The molecule has 0 aliphatic rings. The molecule has 1 heterocycles. The van der Waals surface area contributed by atoms with Crippen molar-refractivity contribution in [2.75, 3.05) is 20.2 Å². The first-order chi connectivity index (χ1) is 14.9. The van der Waals surface area contributed by atoms with Crippen molar-refractivity contribution in [3.05, 3.63) is 34.1 Å². The number of benzene rings is 1. The van der Waals surface area contributed by atoms with Crippen LogP contribution in [0.2, 0.25) is 0 Å². The summed E-state index contributed by atoms with van der Waals surface area (Å²) >= 11 is 0. The lowest BCUT2D eigenvalue weighted by molar-refractivity contribution is 0.160. The maximum Gasteiger partial charge on any atom is 0.261 e. The van der Waals surface area contributed by atoms with E-state index in [0.29, 0.717) is 23.4 Å². The van der Waals surface area contributed by atoms with Crippen LogP contribution in [-0.2, 0) is 6.54 Å². The number of hydrogen-bond acceptors (Lipinski definition) is 4. The van der Waals surface area contributed by atoms with Gasteiger partial charge in [-0.15, -0.1) is 0 Å². The smallest absolute Gasteiger partial charge is 0.261 e. The molecule has 1 aromatic carbocycles. The number of unbranched alkanes of at least 4 members (excludes halogenated alkanes) is 1. The van der Waals surface area contributed by atoms with Crippen molar-refractivity contribution in [2.45, 2.75) is 85.7 Å². The third kappa shape index (κ3) is 6.06. The molecule has 0 N–H and O–H groups in total. The highest BCUT2D eigenvalue weighted by atomic mass is 19.1. The molecule has 1 aromatic heterocycles. The molecule has 2 aromatic rings. The Labute approximate surface area is 186 Å². The maximum atomic E-state index is 14.3. The average molecular weight is 434 g/mol. The lowest BCUT2D eigenvalue weighted by Crippen LogP contribution is -2.37. The number of rotatable bonds is 13. The second-order valence-electron chi connectivity index (χ2n) is 8.52. The Hall–Kier alpha value is -1.95. The largest absolute Gasteiger partial charge is 0.494 e. The minimum absolute atomic E-state index is 0.0636. The molecule has 0 amide bonds. The molecule has 2 atom stereocenters. The molecule has 5 nitrogen and oxygen atoms in total. The van der Waals surface area contributed by atoms with Crippen molar-refractivity contribution in [3.8, 4) is 5.75 Å². The second kappa shape index (κ2) is 12.2. The third-order valence-corrected chi connectivity index (χ3v) is 6.28. The van der Waals surface area contributed by atoms with Crippen LogP contribution in [0, 0.1) is 11.7 Å². The predicted octanol–water partition coefficient (Wildman–Crippen LogP) is 5.94. The van der Waals surface area contributed by atoms with E-state index in [1.807, 2.05) is 6.92 Å². The molecule has 2 rings (SSSR count). The van der Waals surface area contributed by atoms with E-state index in [1.54, 1.807) is 10.6 Å². The molecular weight excluding hydrogens is 393 g/mol. The van der Waals surface area contributed by atoms with Gasteiger partial charge in [-0.3, -0.25) is 14.3 Å². The van der Waals surface area contributed by atoms with E-state index in [2.05, 4.69) is 32.6 Å². The summed E-state index contributed by atoms with van der Waals surface area (Å²) in [7, 11) is 1.43. The first-order valence-electron chi connectivity index (χ1n) is 11.9. The van der Waals surface area contributed by atoms with Gasteiger partial charge in [-0.05, 0) is 51.3 Å². The Bertz CT molecular complexity index is 896. The summed E-state index contributed by atoms with van der Waals surface area (Å²) in [4.78, 5) is 20.7. The second-order valence-corrected chi connectivity index (χ2v) is 8.52. The quantitative estimate of drug-likeness (QED) is 0.392. The topological polar surface area (TPSA) is 47.4 Å². The van der Waals surface area contributed by atoms with Gasteiger partial charge >= 0.3 is 0 Å². The molecular formula is C25H40FN3O2. The van der Waals surface area contributed by atoms with Crippen molar-refractivity contribution in [3.63, 3.8) is 0 Å². The molecule has 1 unspecified atom stereocenters. The van der Waals surface area contributed by atoms with Gasteiger partial charge in [-0.25, -0.2) is 9.37 Å². The molecule has 6 heteroatoms. The van der Waals surface area contributed by atoms with Crippen LogP contribution in [0.5, 0.6) is 5.75 Å². The molecule has 0 spiro atoms. The van der Waals surface area contributed by atoms with Crippen LogP contribution in [0.1, 0.15) is 85.0 Å². The standard InChI is InChI=1S/C25H40FN3O2/c1-7-11-14-28(15-13-18(5)9-3)22(12-8-2)24-27-21-17-23(31-6)20(26)16-19(21)25(30)29(24)10-4/h16-18,22H,7-15H2,1-6H3/t18?,22-/m1/s1. The minimum Gasteiger partial charge on any atom is -0.494 e. The summed E-state index contributed by atoms with van der Waals surface area (Å²) in [6, 6.07) is 2.87. The molecule has 174 valence electrons. The van der Waals surface area contributed by atoms with Crippen molar-refractivity contribution in [1.82, 2.24) is 14.5 Å². The number of methoxy groups -OCH3 is 1. The fourth-order valence-corrected chi connectivity index (χ4v) is 4.08. The van der Waals surface area contributed by atoms with E-state index in [-0.39, 0.29) is 17.4 Å². The first-order valence-corrected chi connectivity index (χ1v) is 11.9. The molecule has 0 radical (unpaired) electrons. The Balaban J connectivity index is 2.61. The van der Waals surface area contributed by atoms with Gasteiger partial charge in [0.1, 0.15) is 5.82 Å². The zero-order chi connectivity index (χ0) is 23.0. The summed E-state index contributed by atoms with van der Waals surface area (Å²) in [6.45, 7) is 13.4. The highest BCUT2D eigenvalue weighted by molar-refractivity contribution is 5.79. The number of nitrogens with zero attached hydrogens (tertiary/aromatic N) is 3. The number of fused-ring (bicyclic) bond motifs is 1. The Morgan fingerprint density at radius 2 is 1.87 bits per heavy atom. The molecule has 0 saturated heterocycles. The lowest BCUT2D eigenvalue weighted by Gasteiger charge is -2.33. The molecule has 0 fully saturated rings. The van der Waals surface area contributed by atoms with E-state index in [0.717, 1.165) is 51.0 Å². The Morgan fingerprint density at radius 1 is 1.13 bits per heavy atom. The summed E-state index contributed by atoms with van der Waals surface area (Å²) < 4.78 is 21.2. The van der Waals surface area contributed by atoms with E-state index >= 15 is 0 Å². The van der Waals surface area contributed by atoms with Crippen LogP contribution in [0.15, 0.2) is 16.9 Å². The van der Waals surface area contributed by atoms with Crippen LogP contribution in [0.4, 0.5) is 4.39 Å². The van der Waals surface area contributed by atoms with Crippen LogP contribution < -0.4 is 10.3 Å².